The minimum atomic E-state index is -0.800. The summed E-state index contributed by atoms with van der Waals surface area (Å²) in [5.41, 5.74) is 0. The molecule has 6 heteroatoms. The highest BCUT2D eigenvalue weighted by molar-refractivity contribution is 5.08. The quantitative estimate of drug-likeness (QED) is 0.652. The molecular formula is C18H30O6. The van der Waals surface area contributed by atoms with Gasteiger partial charge in [-0.1, -0.05) is 11.8 Å². The molecule has 2 N–H and O–H groups in total. The Kier molecular flexibility index (Phi) is 9.66. The van der Waals surface area contributed by atoms with Gasteiger partial charge >= 0.3 is 0 Å². The third-order valence-electron chi connectivity index (χ3n) is 4.08. The molecule has 2 saturated heterocycles. The van der Waals surface area contributed by atoms with Gasteiger partial charge in [-0.2, -0.15) is 0 Å². The monoisotopic (exact) mass is 342 g/mol. The number of aliphatic hydroxyl groups excluding tert-OH is 2. The summed E-state index contributed by atoms with van der Waals surface area (Å²) in [4.78, 5) is 0. The van der Waals surface area contributed by atoms with E-state index in [9.17, 15) is 10.2 Å². The first-order valence-corrected chi connectivity index (χ1v) is 9.07. The largest absolute Gasteiger partial charge is 0.380 e. The third-order valence-corrected chi connectivity index (χ3v) is 4.08. The van der Waals surface area contributed by atoms with Gasteiger partial charge in [-0.05, 0) is 38.5 Å². The molecule has 6 nitrogen and oxygen atoms in total. The predicted molar refractivity (Wildman–Crippen MR) is 88.1 cm³/mol. The summed E-state index contributed by atoms with van der Waals surface area (Å²) < 4.78 is 22.0. The van der Waals surface area contributed by atoms with Crippen molar-refractivity contribution in [1.82, 2.24) is 0 Å². The molecule has 0 aliphatic carbocycles. The second-order valence-electron chi connectivity index (χ2n) is 6.23. The summed E-state index contributed by atoms with van der Waals surface area (Å²) >= 11 is 0. The zero-order valence-corrected chi connectivity index (χ0v) is 14.3. The number of ether oxygens (including phenoxy) is 4. The highest BCUT2D eigenvalue weighted by Gasteiger charge is 2.15. The van der Waals surface area contributed by atoms with Crippen LogP contribution in [0.5, 0.6) is 0 Å². The normalized spacial score (nSPS) is 27.1. The number of rotatable bonds is 8. The Labute approximate surface area is 144 Å². The van der Waals surface area contributed by atoms with E-state index in [1.165, 1.54) is 0 Å². The Morgan fingerprint density at radius 1 is 0.792 bits per heavy atom. The van der Waals surface area contributed by atoms with E-state index in [1.807, 2.05) is 0 Å². The molecule has 138 valence electrons. The predicted octanol–water partition coefficient (Wildman–Crippen LogP) is 1.58. The van der Waals surface area contributed by atoms with E-state index in [4.69, 9.17) is 18.9 Å². The van der Waals surface area contributed by atoms with Crippen LogP contribution in [-0.2, 0) is 18.9 Å². The van der Waals surface area contributed by atoms with Crippen LogP contribution < -0.4 is 0 Å². The van der Waals surface area contributed by atoms with Gasteiger partial charge in [0.2, 0.25) is 0 Å². The first-order chi connectivity index (χ1) is 11.7. The molecule has 0 radical (unpaired) electrons. The van der Waals surface area contributed by atoms with Crippen molar-refractivity contribution in [3.63, 3.8) is 0 Å². The Balaban J connectivity index is 1.51. The number of aliphatic hydroxyl groups is 2. The van der Waals surface area contributed by atoms with Crippen molar-refractivity contribution in [2.75, 3.05) is 26.4 Å². The second-order valence-corrected chi connectivity index (χ2v) is 6.23. The Hall–Kier alpha value is -0.680. The minimum Gasteiger partial charge on any atom is -0.380 e. The summed E-state index contributed by atoms with van der Waals surface area (Å²) in [6, 6.07) is 0. The van der Waals surface area contributed by atoms with Gasteiger partial charge in [0.15, 0.2) is 12.6 Å². The van der Waals surface area contributed by atoms with Crippen LogP contribution in [0.4, 0.5) is 0 Å². The van der Waals surface area contributed by atoms with E-state index in [2.05, 4.69) is 11.8 Å². The lowest BCUT2D eigenvalue weighted by atomic mass is 10.2. The Morgan fingerprint density at radius 2 is 1.25 bits per heavy atom. The molecule has 0 aromatic rings. The SMILES string of the molecule is OC(C#CC(O)CCOC1CCCCO1)CCOC1CCCCO1. The molecule has 2 heterocycles. The molecule has 2 fully saturated rings. The fourth-order valence-electron chi connectivity index (χ4n) is 2.64. The molecule has 0 aromatic heterocycles. The highest BCUT2D eigenvalue weighted by atomic mass is 16.7. The number of hydrogen-bond acceptors (Lipinski definition) is 6. The molecular weight excluding hydrogens is 312 g/mol. The van der Waals surface area contributed by atoms with Crippen LogP contribution in [0.15, 0.2) is 0 Å². The topological polar surface area (TPSA) is 77.4 Å². The van der Waals surface area contributed by atoms with E-state index < -0.39 is 12.2 Å². The van der Waals surface area contributed by atoms with Crippen molar-refractivity contribution in [3.05, 3.63) is 0 Å². The van der Waals surface area contributed by atoms with Crippen molar-refractivity contribution >= 4 is 0 Å². The molecule has 2 aliphatic heterocycles. The standard InChI is InChI=1S/C18H30O6/c19-15(9-13-23-17-5-1-3-11-21-17)7-8-16(20)10-14-24-18-6-2-4-12-22-18/h15-20H,1-6,9-14H2. The van der Waals surface area contributed by atoms with Crippen LogP contribution in [0, 0.1) is 11.8 Å². The molecule has 2 aliphatic rings. The summed E-state index contributed by atoms with van der Waals surface area (Å²) in [6.07, 6.45) is 5.14. The molecule has 0 spiro atoms. The van der Waals surface area contributed by atoms with Gasteiger partial charge in [-0.25, -0.2) is 0 Å². The van der Waals surface area contributed by atoms with E-state index in [1.54, 1.807) is 0 Å². The maximum absolute atomic E-state index is 9.80. The van der Waals surface area contributed by atoms with Crippen molar-refractivity contribution in [2.24, 2.45) is 0 Å². The fraction of sp³-hybridized carbons (Fsp3) is 0.889. The summed E-state index contributed by atoms with van der Waals surface area (Å²) in [7, 11) is 0. The van der Waals surface area contributed by atoms with Gasteiger partial charge in [0, 0.05) is 26.1 Å². The van der Waals surface area contributed by atoms with E-state index in [-0.39, 0.29) is 12.6 Å². The first kappa shape index (κ1) is 19.6. The minimum absolute atomic E-state index is 0.149. The molecule has 24 heavy (non-hydrogen) atoms. The maximum Gasteiger partial charge on any atom is 0.157 e. The Bertz CT molecular complexity index is 345. The van der Waals surface area contributed by atoms with E-state index in [0.29, 0.717) is 26.1 Å². The van der Waals surface area contributed by atoms with E-state index in [0.717, 1.165) is 51.7 Å². The van der Waals surface area contributed by atoms with Crippen LogP contribution in [0.3, 0.4) is 0 Å². The first-order valence-electron chi connectivity index (χ1n) is 9.07. The fourth-order valence-corrected chi connectivity index (χ4v) is 2.64. The molecule has 0 amide bonds. The lowest BCUT2D eigenvalue weighted by molar-refractivity contribution is -0.164. The Morgan fingerprint density at radius 3 is 1.62 bits per heavy atom. The summed E-state index contributed by atoms with van der Waals surface area (Å²) in [5.74, 6) is 5.31. The van der Waals surface area contributed by atoms with E-state index >= 15 is 0 Å². The van der Waals surface area contributed by atoms with Crippen LogP contribution in [-0.4, -0.2) is 61.4 Å². The van der Waals surface area contributed by atoms with Crippen LogP contribution in [0.25, 0.3) is 0 Å². The smallest absolute Gasteiger partial charge is 0.157 e. The molecule has 2 rings (SSSR count). The summed E-state index contributed by atoms with van der Waals surface area (Å²) in [6.45, 7) is 2.29. The zero-order valence-electron chi connectivity index (χ0n) is 14.3. The maximum atomic E-state index is 9.80. The van der Waals surface area contributed by atoms with Gasteiger partial charge in [0.25, 0.3) is 0 Å². The zero-order chi connectivity index (χ0) is 17.0. The highest BCUT2D eigenvalue weighted by Crippen LogP contribution is 2.14. The molecule has 0 aromatic carbocycles. The second kappa shape index (κ2) is 11.8. The average molecular weight is 342 g/mol. The van der Waals surface area contributed by atoms with Crippen molar-refractivity contribution < 1.29 is 29.2 Å². The van der Waals surface area contributed by atoms with Gasteiger partial charge in [0.05, 0.1) is 13.2 Å². The third kappa shape index (κ3) is 8.43. The van der Waals surface area contributed by atoms with Crippen LogP contribution in [0.2, 0.25) is 0 Å². The lowest BCUT2D eigenvalue weighted by Crippen LogP contribution is -2.24. The van der Waals surface area contributed by atoms with Gasteiger partial charge < -0.3 is 29.2 Å². The number of hydrogen-bond donors (Lipinski definition) is 2. The average Bonchev–Trinajstić information content (AvgIpc) is 2.62. The summed E-state index contributed by atoms with van der Waals surface area (Å²) in [5, 5.41) is 19.6. The van der Waals surface area contributed by atoms with Gasteiger partial charge in [-0.15, -0.1) is 0 Å². The van der Waals surface area contributed by atoms with Crippen LogP contribution >= 0.6 is 0 Å². The lowest BCUT2D eigenvalue weighted by Gasteiger charge is -2.23. The molecule has 4 unspecified atom stereocenters. The molecule has 0 saturated carbocycles. The van der Waals surface area contributed by atoms with Crippen molar-refractivity contribution in [3.8, 4) is 11.8 Å². The van der Waals surface area contributed by atoms with Crippen molar-refractivity contribution in [1.29, 1.82) is 0 Å². The van der Waals surface area contributed by atoms with Gasteiger partial charge in [0.1, 0.15) is 12.2 Å². The van der Waals surface area contributed by atoms with Crippen LogP contribution in [0.1, 0.15) is 51.4 Å². The molecule has 0 bridgehead atoms. The van der Waals surface area contributed by atoms with Gasteiger partial charge in [-0.3, -0.25) is 0 Å². The van der Waals surface area contributed by atoms with Crippen molar-refractivity contribution in [2.45, 2.75) is 76.2 Å². The molecule has 4 atom stereocenters.